The van der Waals surface area contributed by atoms with Gasteiger partial charge in [-0.05, 0) is 18.2 Å². The van der Waals surface area contributed by atoms with Gasteiger partial charge in [0, 0.05) is 18.3 Å². The summed E-state index contributed by atoms with van der Waals surface area (Å²) in [5.41, 5.74) is 3.49. The molecule has 0 aliphatic rings. The quantitative estimate of drug-likeness (QED) is 0.420. The first kappa shape index (κ1) is 13.0. The van der Waals surface area contributed by atoms with Crippen molar-refractivity contribution in [1.29, 1.82) is 0 Å². The molecule has 0 aliphatic carbocycles. The molecule has 0 fully saturated rings. The molecule has 0 radical (unpaired) electrons. The van der Waals surface area contributed by atoms with Crippen molar-refractivity contribution in [3.63, 3.8) is 0 Å². The summed E-state index contributed by atoms with van der Waals surface area (Å²) in [6, 6.07) is 5.49. The average Bonchev–Trinajstić information content (AvgIpc) is 3.10. The largest absolute Gasteiger partial charge is 0.457 e. The molecule has 3 heterocycles. The van der Waals surface area contributed by atoms with Crippen molar-refractivity contribution in [3.05, 3.63) is 48.1 Å². The summed E-state index contributed by atoms with van der Waals surface area (Å²) in [5.74, 6) is 0.0742. The highest BCUT2D eigenvalue weighted by Crippen LogP contribution is 2.17. The first-order chi connectivity index (χ1) is 10.2. The van der Waals surface area contributed by atoms with Crippen molar-refractivity contribution >= 4 is 23.1 Å². The second-order valence-electron chi connectivity index (χ2n) is 4.25. The van der Waals surface area contributed by atoms with Crippen molar-refractivity contribution in [2.45, 2.75) is 6.54 Å². The number of pyridine rings is 1. The normalized spacial score (nSPS) is 11.3. The smallest absolute Gasteiger partial charge is 0.267 e. The van der Waals surface area contributed by atoms with Gasteiger partial charge >= 0.3 is 0 Å². The van der Waals surface area contributed by atoms with Crippen molar-refractivity contribution in [2.75, 3.05) is 0 Å². The van der Waals surface area contributed by atoms with Crippen LogP contribution in [0, 0.1) is 0 Å². The van der Waals surface area contributed by atoms with E-state index in [1.165, 1.54) is 11.6 Å². The summed E-state index contributed by atoms with van der Waals surface area (Å²) in [6.07, 6.45) is 5.95. The zero-order valence-electron chi connectivity index (χ0n) is 10.8. The van der Waals surface area contributed by atoms with Crippen LogP contribution in [0.25, 0.3) is 17.2 Å². The van der Waals surface area contributed by atoms with Gasteiger partial charge in [0.15, 0.2) is 5.58 Å². The molecule has 8 nitrogen and oxygen atoms in total. The van der Waals surface area contributed by atoms with E-state index in [9.17, 15) is 4.79 Å². The monoisotopic (exact) mass is 285 g/mol. The van der Waals surface area contributed by atoms with Crippen molar-refractivity contribution in [1.82, 2.24) is 25.5 Å². The van der Waals surface area contributed by atoms with Gasteiger partial charge in [0.1, 0.15) is 23.5 Å². The number of carbonyl (C=O) groups excluding carboxylic acids is 1. The lowest BCUT2D eigenvalue weighted by Crippen LogP contribution is -2.14. The minimum Gasteiger partial charge on any atom is -0.457 e. The number of fused-ring (bicyclic) bond motifs is 1. The van der Waals surface area contributed by atoms with E-state index in [2.05, 4.69) is 15.3 Å². The number of hydroxylamine groups is 1. The predicted molar refractivity (Wildman–Crippen MR) is 72.1 cm³/mol. The van der Waals surface area contributed by atoms with Crippen molar-refractivity contribution in [3.8, 4) is 0 Å². The Kier molecular flexibility index (Phi) is 3.44. The SMILES string of the molecule is O=C(C=Cc1cn(Cc2cc3ncccc3o2)nn1)NO. The minimum atomic E-state index is -0.632. The summed E-state index contributed by atoms with van der Waals surface area (Å²) in [5, 5.41) is 16.2. The molecule has 0 unspecified atom stereocenters. The first-order valence-corrected chi connectivity index (χ1v) is 6.10. The zero-order chi connectivity index (χ0) is 14.7. The van der Waals surface area contributed by atoms with E-state index in [0.29, 0.717) is 23.6 Å². The van der Waals surface area contributed by atoms with E-state index < -0.39 is 5.91 Å². The molecule has 3 rings (SSSR count). The van der Waals surface area contributed by atoms with Crippen LogP contribution in [0.15, 0.2) is 41.1 Å². The maximum atomic E-state index is 10.9. The number of hydrogen-bond donors (Lipinski definition) is 2. The van der Waals surface area contributed by atoms with Gasteiger partial charge in [-0.15, -0.1) is 5.10 Å². The van der Waals surface area contributed by atoms with E-state index in [-0.39, 0.29) is 0 Å². The third-order valence-corrected chi connectivity index (χ3v) is 2.73. The Morgan fingerprint density at radius 3 is 3.24 bits per heavy atom. The molecule has 21 heavy (non-hydrogen) atoms. The molecule has 106 valence electrons. The lowest BCUT2D eigenvalue weighted by Gasteiger charge is -1.94. The average molecular weight is 285 g/mol. The molecule has 0 atom stereocenters. The first-order valence-electron chi connectivity index (χ1n) is 6.10. The number of furan rings is 1. The van der Waals surface area contributed by atoms with Crippen LogP contribution in [0.1, 0.15) is 11.5 Å². The van der Waals surface area contributed by atoms with Crippen LogP contribution in [0.2, 0.25) is 0 Å². The van der Waals surface area contributed by atoms with E-state index in [1.807, 2.05) is 12.1 Å². The maximum Gasteiger partial charge on any atom is 0.267 e. The Hall–Kier alpha value is -3.00. The Morgan fingerprint density at radius 2 is 2.43 bits per heavy atom. The fraction of sp³-hybridized carbons (Fsp3) is 0.0769. The Balaban J connectivity index is 1.74. The van der Waals surface area contributed by atoms with Gasteiger partial charge in [-0.3, -0.25) is 15.0 Å². The summed E-state index contributed by atoms with van der Waals surface area (Å²) < 4.78 is 7.21. The topological polar surface area (TPSA) is 106 Å². The molecule has 3 aromatic heterocycles. The summed E-state index contributed by atoms with van der Waals surface area (Å²) in [4.78, 5) is 15.0. The minimum absolute atomic E-state index is 0.406. The summed E-state index contributed by atoms with van der Waals surface area (Å²) in [7, 11) is 0. The van der Waals surface area contributed by atoms with Gasteiger partial charge in [0.05, 0.1) is 6.20 Å². The van der Waals surface area contributed by atoms with Crippen molar-refractivity contribution in [2.24, 2.45) is 0 Å². The molecule has 3 aromatic rings. The van der Waals surface area contributed by atoms with Crippen LogP contribution in [0.5, 0.6) is 0 Å². The molecule has 1 amide bonds. The lowest BCUT2D eigenvalue weighted by atomic mass is 10.3. The van der Waals surface area contributed by atoms with E-state index >= 15 is 0 Å². The van der Waals surface area contributed by atoms with E-state index in [4.69, 9.17) is 9.62 Å². The Morgan fingerprint density at radius 1 is 1.52 bits per heavy atom. The number of nitrogens with one attached hydrogen (secondary N) is 1. The van der Waals surface area contributed by atoms with Crippen LogP contribution < -0.4 is 5.48 Å². The molecule has 0 spiro atoms. The molecule has 8 heteroatoms. The summed E-state index contributed by atoms with van der Waals surface area (Å²) in [6.45, 7) is 0.406. The van der Waals surface area contributed by atoms with Gasteiger partial charge in [0.25, 0.3) is 5.91 Å². The molecule has 0 aliphatic heterocycles. The lowest BCUT2D eigenvalue weighted by molar-refractivity contribution is -0.124. The van der Waals surface area contributed by atoms with Gasteiger partial charge < -0.3 is 4.42 Å². The van der Waals surface area contributed by atoms with Gasteiger partial charge in [0.2, 0.25) is 0 Å². The van der Waals surface area contributed by atoms with Gasteiger partial charge in [-0.25, -0.2) is 10.2 Å². The molecule has 0 saturated carbocycles. The molecule has 2 N–H and O–H groups in total. The standard InChI is InChI=1S/C13H11N5O3/c19-13(16-20)4-3-9-7-18(17-15-9)8-10-6-11-12(21-10)2-1-5-14-11/h1-7,20H,8H2,(H,16,19). The predicted octanol–water partition coefficient (Wildman–Crippen LogP) is 0.986. The fourth-order valence-corrected chi connectivity index (χ4v) is 1.82. The number of amides is 1. The number of rotatable bonds is 4. The molecule has 0 aromatic carbocycles. The Labute approximate surface area is 118 Å². The van der Waals surface area contributed by atoms with Crippen LogP contribution in [0.3, 0.4) is 0 Å². The number of carbonyl (C=O) groups is 1. The molecule has 0 bridgehead atoms. The highest BCUT2D eigenvalue weighted by atomic mass is 16.5. The highest BCUT2D eigenvalue weighted by molar-refractivity contribution is 5.90. The van der Waals surface area contributed by atoms with E-state index in [0.717, 1.165) is 11.6 Å². The Bertz CT molecular complexity index is 772. The van der Waals surface area contributed by atoms with E-state index in [1.54, 1.807) is 23.1 Å². The van der Waals surface area contributed by atoms with Crippen molar-refractivity contribution < 1.29 is 14.4 Å². The second-order valence-corrected chi connectivity index (χ2v) is 4.25. The van der Waals surface area contributed by atoms with Crippen LogP contribution >= 0.6 is 0 Å². The van der Waals surface area contributed by atoms with Crippen LogP contribution in [-0.4, -0.2) is 31.1 Å². The molecular formula is C13H11N5O3. The van der Waals surface area contributed by atoms with Crippen LogP contribution in [0.4, 0.5) is 0 Å². The van der Waals surface area contributed by atoms with Crippen LogP contribution in [-0.2, 0) is 11.3 Å². The molecular weight excluding hydrogens is 274 g/mol. The van der Waals surface area contributed by atoms with Gasteiger partial charge in [-0.2, -0.15) is 0 Å². The highest BCUT2D eigenvalue weighted by Gasteiger charge is 2.06. The second kappa shape index (κ2) is 5.55. The maximum absolute atomic E-state index is 10.9. The number of aromatic nitrogens is 4. The third kappa shape index (κ3) is 2.95. The number of nitrogens with zero attached hydrogens (tertiary/aromatic N) is 4. The van der Waals surface area contributed by atoms with Gasteiger partial charge in [-0.1, -0.05) is 5.21 Å². The molecule has 0 saturated heterocycles. The third-order valence-electron chi connectivity index (χ3n) is 2.73. The zero-order valence-corrected chi connectivity index (χ0v) is 10.8. The summed E-state index contributed by atoms with van der Waals surface area (Å²) >= 11 is 0. The number of hydrogen-bond acceptors (Lipinski definition) is 6. The fourth-order valence-electron chi connectivity index (χ4n) is 1.82.